The van der Waals surface area contributed by atoms with E-state index in [1.807, 2.05) is 0 Å². The van der Waals surface area contributed by atoms with Crippen LogP contribution in [0.1, 0.15) is 20.8 Å². The maximum absolute atomic E-state index is 9.82. The van der Waals surface area contributed by atoms with Crippen molar-refractivity contribution in [1.82, 2.24) is 0 Å². The number of rotatable bonds is 1. The van der Waals surface area contributed by atoms with E-state index in [9.17, 15) is 4.79 Å². The lowest BCUT2D eigenvalue weighted by atomic mass is 10.8. The number of hydrogen-bond donors (Lipinski definition) is 2. The van der Waals surface area contributed by atoms with Gasteiger partial charge in [-0.05, 0) is 13.8 Å². The zero-order valence-electron chi connectivity index (χ0n) is 7.63. The number of hydrogen-bond acceptors (Lipinski definition) is 4. The maximum atomic E-state index is 9.82. The Labute approximate surface area is 67.8 Å². The van der Waals surface area contributed by atoms with E-state index in [0.717, 1.165) is 7.11 Å². The molecule has 0 aromatic carbocycles. The first-order chi connectivity index (χ1) is 5.18. The summed E-state index contributed by atoms with van der Waals surface area (Å²) < 4.78 is 4.40. The maximum Gasteiger partial charge on any atom is 0.302 e. The highest BCUT2D eigenvalue weighted by Gasteiger charge is 1.81. The first-order valence-electron chi connectivity index (χ1n) is 3.37. The van der Waals surface area contributed by atoms with Crippen LogP contribution < -0.4 is 0 Å². The topological polar surface area (TPSA) is 66.8 Å². The van der Waals surface area contributed by atoms with E-state index in [1.54, 1.807) is 13.8 Å². The molecule has 0 aromatic rings. The van der Waals surface area contributed by atoms with E-state index in [2.05, 4.69) is 4.74 Å². The number of carbonyl (C=O) groups excluding carboxylic acids is 1. The molecule has 4 heteroatoms. The second-order valence-electron chi connectivity index (χ2n) is 1.24. The van der Waals surface area contributed by atoms with Gasteiger partial charge in [-0.3, -0.25) is 4.79 Å². The average Bonchev–Trinajstić information content (AvgIpc) is 1.93. The molecule has 0 saturated carbocycles. The van der Waals surface area contributed by atoms with Crippen LogP contribution in [-0.4, -0.2) is 36.5 Å². The van der Waals surface area contributed by atoms with Crippen molar-refractivity contribution in [3.8, 4) is 0 Å². The van der Waals surface area contributed by atoms with Gasteiger partial charge in [0, 0.05) is 20.6 Å². The van der Waals surface area contributed by atoms with Gasteiger partial charge in [-0.15, -0.1) is 0 Å². The van der Waals surface area contributed by atoms with E-state index in [-0.39, 0.29) is 12.6 Å². The molecule has 11 heavy (non-hydrogen) atoms. The first kappa shape index (κ1) is 16.8. The molecule has 0 fully saturated rings. The Hall–Kier alpha value is -0.610. The Morgan fingerprint density at radius 3 is 1.64 bits per heavy atom. The van der Waals surface area contributed by atoms with Gasteiger partial charge in [-0.1, -0.05) is 0 Å². The van der Waals surface area contributed by atoms with E-state index in [4.69, 9.17) is 10.2 Å². The van der Waals surface area contributed by atoms with Crippen LogP contribution in [-0.2, 0) is 9.53 Å². The van der Waals surface area contributed by atoms with Gasteiger partial charge in [0.05, 0.1) is 6.61 Å². The molecule has 0 aromatic heterocycles. The predicted octanol–water partition coefficient (Wildman–Crippen LogP) is 0.176. The fraction of sp³-hybridized carbons (Fsp3) is 0.857. The summed E-state index contributed by atoms with van der Waals surface area (Å²) in [5.74, 6) is -0.211. The first-order valence-corrected chi connectivity index (χ1v) is 3.37. The lowest BCUT2D eigenvalue weighted by Crippen LogP contribution is -1.95. The number of aliphatic hydroxyl groups excluding tert-OH is 2. The molecule has 2 N–H and O–H groups in total. The highest BCUT2D eigenvalue weighted by atomic mass is 16.5. The summed E-state index contributed by atoms with van der Waals surface area (Å²) >= 11 is 0. The fourth-order valence-electron chi connectivity index (χ4n) is 0.203. The standard InChI is InChI=1S/C4H8O2.C2H6O.CH4O/c1-3-6-4(2)5;1-2-3;1-2/h3H2,1-2H3;3H,2H2,1H3;2H,1H3. The zero-order chi connectivity index (χ0) is 9.70. The molecule has 0 aliphatic rings. The summed E-state index contributed by atoms with van der Waals surface area (Å²) in [6.45, 7) is 5.58. The molecule has 0 saturated heterocycles. The van der Waals surface area contributed by atoms with Crippen LogP contribution in [0, 0.1) is 0 Å². The van der Waals surface area contributed by atoms with E-state index in [1.165, 1.54) is 6.92 Å². The second-order valence-corrected chi connectivity index (χ2v) is 1.24. The minimum Gasteiger partial charge on any atom is -0.466 e. The number of esters is 1. The third-order valence-electron chi connectivity index (χ3n) is 0.348. The molecule has 0 rings (SSSR count). The molecule has 0 amide bonds. The fourth-order valence-corrected chi connectivity index (χ4v) is 0.203. The Kier molecular flexibility index (Phi) is 34.7. The van der Waals surface area contributed by atoms with E-state index in [0.29, 0.717) is 6.61 Å². The molecule has 0 spiro atoms. The van der Waals surface area contributed by atoms with Crippen molar-refractivity contribution in [2.75, 3.05) is 20.3 Å². The molecule has 0 radical (unpaired) electrons. The SMILES string of the molecule is CCO.CCOC(C)=O.CO. The Balaban J connectivity index is -0.000000109. The molecular formula is C7H18O4. The van der Waals surface area contributed by atoms with Gasteiger partial charge in [0.25, 0.3) is 0 Å². The van der Waals surface area contributed by atoms with Crippen molar-refractivity contribution in [3.05, 3.63) is 0 Å². The third kappa shape index (κ3) is 89.8. The molecule has 0 aliphatic heterocycles. The summed E-state index contributed by atoms with van der Waals surface area (Å²) in [6, 6.07) is 0. The Morgan fingerprint density at radius 2 is 1.64 bits per heavy atom. The second kappa shape index (κ2) is 22.8. The zero-order valence-corrected chi connectivity index (χ0v) is 7.63. The summed E-state index contributed by atoms with van der Waals surface area (Å²) in [4.78, 5) is 9.82. The van der Waals surface area contributed by atoms with Crippen molar-refractivity contribution in [2.24, 2.45) is 0 Å². The number of carbonyl (C=O) groups is 1. The normalized spacial score (nSPS) is 6.36. The largest absolute Gasteiger partial charge is 0.466 e. The molecule has 70 valence electrons. The van der Waals surface area contributed by atoms with Crippen molar-refractivity contribution >= 4 is 5.97 Å². The summed E-state index contributed by atoms with van der Waals surface area (Å²) in [7, 11) is 1.00. The summed E-state index contributed by atoms with van der Waals surface area (Å²) in [5.41, 5.74) is 0. The highest BCUT2D eigenvalue weighted by molar-refractivity contribution is 5.65. The molecule has 0 aliphatic carbocycles. The number of ether oxygens (including phenoxy) is 1. The van der Waals surface area contributed by atoms with Gasteiger partial charge in [-0.2, -0.15) is 0 Å². The van der Waals surface area contributed by atoms with E-state index >= 15 is 0 Å². The molecule has 0 atom stereocenters. The van der Waals surface area contributed by atoms with Gasteiger partial charge < -0.3 is 14.9 Å². The van der Waals surface area contributed by atoms with Gasteiger partial charge in [0.15, 0.2) is 0 Å². The van der Waals surface area contributed by atoms with Crippen LogP contribution in [0.5, 0.6) is 0 Å². The summed E-state index contributed by atoms with van der Waals surface area (Å²) in [6.07, 6.45) is 0. The van der Waals surface area contributed by atoms with Crippen LogP contribution in [0.4, 0.5) is 0 Å². The van der Waals surface area contributed by atoms with E-state index < -0.39 is 0 Å². The van der Waals surface area contributed by atoms with Gasteiger partial charge in [-0.25, -0.2) is 0 Å². The smallest absolute Gasteiger partial charge is 0.302 e. The van der Waals surface area contributed by atoms with Crippen LogP contribution in [0.25, 0.3) is 0 Å². The molecule has 0 bridgehead atoms. The Morgan fingerprint density at radius 1 is 1.36 bits per heavy atom. The van der Waals surface area contributed by atoms with Crippen LogP contribution in [0.3, 0.4) is 0 Å². The summed E-state index contributed by atoms with van der Waals surface area (Å²) in [5, 5.41) is 14.6. The van der Waals surface area contributed by atoms with Crippen molar-refractivity contribution < 1.29 is 19.7 Å². The monoisotopic (exact) mass is 166 g/mol. The minimum atomic E-state index is -0.211. The quantitative estimate of drug-likeness (QED) is 0.545. The highest BCUT2D eigenvalue weighted by Crippen LogP contribution is 1.69. The van der Waals surface area contributed by atoms with Crippen LogP contribution in [0.15, 0.2) is 0 Å². The van der Waals surface area contributed by atoms with Gasteiger partial charge >= 0.3 is 5.97 Å². The van der Waals surface area contributed by atoms with Crippen molar-refractivity contribution in [3.63, 3.8) is 0 Å². The Bertz CT molecular complexity index is 63.5. The number of aliphatic hydroxyl groups is 2. The van der Waals surface area contributed by atoms with Crippen molar-refractivity contribution in [1.29, 1.82) is 0 Å². The predicted molar refractivity (Wildman–Crippen MR) is 43.2 cm³/mol. The lowest BCUT2D eigenvalue weighted by Gasteiger charge is -1.89. The van der Waals surface area contributed by atoms with Crippen LogP contribution >= 0.6 is 0 Å². The van der Waals surface area contributed by atoms with Crippen LogP contribution in [0.2, 0.25) is 0 Å². The van der Waals surface area contributed by atoms with Gasteiger partial charge in [0.2, 0.25) is 0 Å². The lowest BCUT2D eigenvalue weighted by molar-refractivity contribution is -0.140. The van der Waals surface area contributed by atoms with Gasteiger partial charge in [0.1, 0.15) is 0 Å². The molecular weight excluding hydrogens is 148 g/mol. The third-order valence-corrected chi connectivity index (χ3v) is 0.348. The average molecular weight is 166 g/mol. The minimum absolute atomic E-state index is 0.211. The molecule has 0 heterocycles. The molecule has 0 unspecified atom stereocenters. The molecule has 4 nitrogen and oxygen atoms in total. The van der Waals surface area contributed by atoms with Crippen molar-refractivity contribution in [2.45, 2.75) is 20.8 Å².